The molecule has 110 valence electrons. The van der Waals surface area contributed by atoms with Gasteiger partial charge in [-0.3, -0.25) is 0 Å². The Bertz CT molecular complexity index is 789. The van der Waals surface area contributed by atoms with Crippen LogP contribution in [0.5, 0.6) is 0 Å². The number of rotatable bonds is 5. The molecule has 0 radical (unpaired) electrons. The molecule has 21 heavy (non-hydrogen) atoms. The van der Waals surface area contributed by atoms with Crippen LogP contribution >= 0.6 is 11.3 Å². The Morgan fingerprint density at radius 1 is 1.52 bits per heavy atom. The van der Waals surface area contributed by atoms with E-state index in [0.717, 1.165) is 18.7 Å². The first kappa shape index (κ1) is 13.8. The third-order valence-corrected chi connectivity index (χ3v) is 4.34. The highest BCUT2D eigenvalue weighted by molar-refractivity contribution is 7.10. The Morgan fingerprint density at radius 3 is 3.10 bits per heavy atom. The summed E-state index contributed by atoms with van der Waals surface area (Å²) >= 11 is 1.73. The molecule has 0 saturated carbocycles. The Balaban J connectivity index is 1.94. The van der Waals surface area contributed by atoms with Gasteiger partial charge in [-0.1, -0.05) is 19.4 Å². The molecule has 0 spiro atoms. The number of nitrogens with one attached hydrogen (secondary N) is 2. The van der Waals surface area contributed by atoms with Crippen LogP contribution in [-0.4, -0.2) is 19.6 Å². The Kier molecular flexibility index (Phi) is 3.74. The number of anilines is 1. The van der Waals surface area contributed by atoms with Gasteiger partial charge in [0.25, 0.3) is 0 Å². The zero-order chi connectivity index (χ0) is 14.8. The van der Waals surface area contributed by atoms with Crippen molar-refractivity contribution < 1.29 is 0 Å². The van der Waals surface area contributed by atoms with Gasteiger partial charge in [0.05, 0.1) is 6.04 Å². The van der Waals surface area contributed by atoms with E-state index < -0.39 is 0 Å². The van der Waals surface area contributed by atoms with Gasteiger partial charge in [0.15, 0.2) is 5.65 Å². The van der Waals surface area contributed by atoms with E-state index in [-0.39, 0.29) is 11.7 Å². The summed E-state index contributed by atoms with van der Waals surface area (Å²) in [7, 11) is 0. The van der Waals surface area contributed by atoms with Crippen LogP contribution in [0, 0.1) is 6.92 Å². The number of aromatic amines is 1. The second-order valence-electron chi connectivity index (χ2n) is 4.91. The molecule has 0 fully saturated rings. The van der Waals surface area contributed by atoms with Gasteiger partial charge in [-0.05, 0) is 24.8 Å². The van der Waals surface area contributed by atoms with Crippen LogP contribution in [0.3, 0.4) is 0 Å². The SMILES string of the molecule is CCCC(Nc1cc2n[nH]c(=O)n2c(C)n1)c1cccs1. The van der Waals surface area contributed by atoms with Crippen molar-refractivity contribution in [1.82, 2.24) is 19.6 Å². The van der Waals surface area contributed by atoms with Crippen molar-refractivity contribution in [2.45, 2.75) is 32.7 Å². The normalized spacial score (nSPS) is 12.7. The predicted octanol–water partition coefficient (Wildman–Crippen LogP) is 2.74. The number of nitrogens with zero attached hydrogens (tertiary/aromatic N) is 3. The molecular weight excluding hydrogens is 286 g/mol. The third-order valence-electron chi connectivity index (χ3n) is 3.36. The molecule has 6 nitrogen and oxygen atoms in total. The Hall–Kier alpha value is -2.15. The summed E-state index contributed by atoms with van der Waals surface area (Å²) < 4.78 is 1.46. The fourth-order valence-electron chi connectivity index (χ4n) is 2.41. The molecular formula is C14H17N5OS. The molecule has 3 rings (SSSR count). The van der Waals surface area contributed by atoms with Crippen LogP contribution < -0.4 is 11.0 Å². The lowest BCUT2D eigenvalue weighted by atomic mass is 10.1. The molecule has 7 heteroatoms. The van der Waals surface area contributed by atoms with E-state index in [1.54, 1.807) is 24.3 Å². The summed E-state index contributed by atoms with van der Waals surface area (Å²) in [6.07, 6.45) is 2.11. The van der Waals surface area contributed by atoms with Crippen molar-refractivity contribution in [3.63, 3.8) is 0 Å². The molecule has 0 aromatic carbocycles. The molecule has 1 unspecified atom stereocenters. The van der Waals surface area contributed by atoms with Gasteiger partial charge in [-0.15, -0.1) is 11.3 Å². The average molecular weight is 303 g/mol. The van der Waals surface area contributed by atoms with Gasteiger partial charge in [-0.2, -0.15) is 5.10 Å². The minimum absolute atomic E-state index is 0.231. The number of aryl methyl sites for hydroxylation is 1. The molecule has 0 aliphatic rings. The monoisotopic (exact) mass is 303 g/mol. The van der Waals surface area contributed by atoms with E-state index in [0.29, 0.717) is 11.5 Å². The zero-order valence-corrected chi connectivity index (χ0v) is 12.8. The summed E-state index contributed by atoms with van der Waals surface area (Å²) in [4.78, 5) is 17.4. The van der Waals surface area contributed by atoms with Gasteiger partial charge in [0.2, 0.25) is 0 Å². The van der Waals surface area contributed by atoms with E-state index in [1.807, 2.05) is 0 Å². The van der Waals surface area contributed by atoms with Gasteiger partial charge in [0, 0.05) is 10.9 Å². The summed E-state index contributed by atoms with van der Waals surface area (Å²) in [6.45, 7) is 3.96. The highest BCUT2D eigenvalue weighted by Gasteiger charge is 2.14. The fraction of sp³-hybridized carbons (Fsp3) is 0.357. The standard InChI is InChI=1S/C14H17N5OS/c1-3-5-10(11-6-4-7-21-11)16-12-8-13-17-18-14(20)19(13)9(2)15-12/h4,6-8,10,16H,3,5H2,1-2H3,(H,18,20). The first-order valence-corrected chi connectivity index (χ1v) is 7.81. The van der Waals surface area contributed by atoms with Crippen molar-refractivity contribution in [3.05, 3.63) is 44.8 Å². The fourth-order valence-corrected chi connectivity index (χ4v) is 3.23. The highest BCUT2D eigenvalue weighted by atomic mass is 32.1. The predicted molar refractivity (Wildman–Crippen MR) is 83.9 cm³/mol. The Labute approximate surface area is 125 Å². The molecule has 0 saturated heterocycles. The molecule has 3 aromatic heterocycles. The lowest BCUT2D eigenvalue weighted by Crippen LogP contribution is -2.15. The molecule has 3 heterocycles. The van der Waals surface area contributed by atoms with Crippen LogP contribution in [0.25, 0.3) is 5.65 Å². The van der Waals surface area contributed by atoms with Crippen LogP contribution in [0.15, 0.2) is 28.4 Å². The number of hydrogen-bond donors (Lipinski definition) is 2. The molecule has 2 N–H and O–H groups in total. The lowest BCUT2D eigenvalue weighted by molar-refractivity contribution is 0.683. The molecule has 3 aromatic rings. The van der Waals surface area contributed by atoms with E-state index in [2.05, 4.69) is 44.9 Å². The minimum atomic E-state index is -0.259. The molecule has 0 amide bonds. The molecule has 1 atom stereocenters. The molecule has 0 bridgehead atoms. The second-order valence-corrected chi connectivity index (χ2v) is 5.89. The zero-order valence-electron chi connectivity index (χ0n) is 12.0. The largest absolute Gasteiger partial charge is 0.362 e. The number of aromatic nitrogens is 4. The van der Waals surface area contributed by atoms with E-state index in [1.165, 1.54) is 9.28 Å². The number of fused-ring (bicyclic) bond motifs is 1. The summed E-state index contributed by atoms with van der Waals surface area (Å²) in [5.41, 5.74) is 0.321. The van der Waals surface area contributed by atoms with Gasteiger partial charge in [-0.25, -0.2) is 19.3 Å². The van der Waals surface area contributed by atoms with Crippen LogP contribution in [0.2, 0.25) is 0 Å². The van der Waals surface area contributed by atoms with E-state index >= 15 is 0 Å². The van der Waals surface area contributed by atoms with Gasteiger partial charge < -0.3 is 5.32 Å². The summed E-state index contributed by atoms with van der Waals surface area (Å²) in [5.74, 6) is 1.36. The minimum Gasteiger partial charge on any atom is -0.362 e. The van der Waals surface area contributed by atoms with Gasteiger partial charge >= 0.3 is 5.69 Å². The quantitative estimate of drug-likeness (QED) is 0.760. The number of hydrogen-bond acceptors (Lipinski definition) is 5. The van der Waals surface area contributed by atoms with Crippen molar-refractivity contribution in [1.29, 1.82) is 0 Å². The van der Waals surface area contributed by atoms with Crippen molar-refractivity contribution >= 4 is 22.8 Å². The second kappa shape index (κ2) is 5.69. The van der Waals surface area contributed by atoms with Crippen LogP contribution in [0.4, 0.5) is 5.82 Å². The van der Waals surface area contributed by atoms with Crippen LogP contribution in [0.1, 0.15) is 36.5 Å². The first-order valence-electron chi connectivity index (χ1n) is 6.93. The van der Waals surface area contributed by atoms with Crippen LogP contribution in [-0.2, 0) is 0 Å². The topological polar surface area (TPSA) is 75.1 Å². The maximum absolute atomic E-state index is 11.6. The first-order chi connectivity index (χ1) is 10.2. The average Bonchev–Trinajstić information content (AvgIpc) is 3.08. The van der Waals surface area contributed by atoms with Gasteiger partial charge in [0.1, 0.15) is 11.6 Å². The maximum atomic E-state index is 11.6. The number of thiophene rings is 1. The smallest absolute Gasteiger partial charge is 0.349 e. The molecule has 0 aliphatic heterocycles. The van der Waals surface area contributed by atoms with E-state index in [9.17, 15) is 4.79 Å². The summed E-state index contributed by atoms with van der Waals surface area (Å²) in [5, 5.41) is 12.0. The van der Waals surface area contributed by atoms with Crippen molar-refractivity contribution in [3.8, 4) is 0 Å². The van der Waals surface area contributed by atoms with E-state index in [4.69, 9.17) is 0 Å². The van der Waals surface area contributed by atoms with Crippen molar-refractivity contribution in [2.24, 2.45) is 0 Å². The number of H-pyrrole nitrogens is 1. The van der Waals surface area contributed by atoms with Crippen molar-refractivity contribution in [2.75, 3.05) is 5.32 Å². The molecule has 0 aliphatic carbocycles. The third kappa shape index (κ3) is 2.69. The highest BCUT2D eigenvalue weighted by Crippen LogP contribution is 2.27. The maximum Gasteiger partial charge on any atom is 0.349 e. The summed E-state index contributed by atoms with van der Waals surface area (Å²) in [6, 6.07) is 6.21. The Morgan fingerprint density at radius 2 is 2.38 bits per heavy atom. The lowest BCUT2D eigenvalue weighted by Gasteiger charge is -2.17.